The molecule has 0 spiro atoms. The molecule has 3 heterocycles. The van der Waals surface area contributed by atoms with Crippen molar-refractivity contribution in [3.05, 3.63) is 158 Å². The maximum Gasteiger partial charge on any atom is 0.213 e. The molecule has 3 aromatic heterocycles. The van der Waals surface area contributed by atoms with Gasteiger partial charge >= 0.3 is 0 Å². The summed E-state index contributed by atoms with van der Waals surface area (Å²) in [6.45, 7) is 0. The van der Waals surface area contributed by atoms with Crippen LogP contribution in [0.25, 0.3) is 71.2 Å². The molecule has 7 aromatic carbocycles. The Balaban J connectivity index is 1.21. The standard InChI is InChI=1S/C42H26N2O/c1-3-14-30(15-4-1)43(31-16-5-2-6-17-31)32-18-11-13-27(24-32)28-22-23-38-35(25-28)40-36-26-29-12-7-8-19-33(29)39-34-20-9-10-21-37(34)44(41(36)39)42(40)45-38/h1-26H. The third-order valence-corrected chi connectivity index (χ3v) is 9.27. The highest BCUT2D eigenvalue weighted by Crippen LogP contribution is 2.46. The zero-order chi connectivity index (χ0) is 29.5. The molecule has 0 atom stereocenters. The Morgan fingerprint density at radius 1 is 0.444 bits per heavy atom. The van der Waals surface area contributed by atoms with Gasteiger partial charge in [0.2, 0.25) is 5.71 Å². The van der Waals surface area contributed by atoms with E-state index in [9.17, 15) is 0 Å². The van der Waals surface area contributed by atoms with Crippen LogP contribution in [-0.2, 0) is 0 Å². The van der Waals surface area contributed by atoms with Crippen LogP contribution in [0.4, 0.5) is 17.1 Å². The third kappa shape index (κ3) is 3.46. The molecule has 0 aliphatic rings. The lowest BCUT2D eigenvalue weighted by Crippen LogP contribution is -2.09. The van der Waals surface area contributed by atoms with E-state index < -0.39 is 0 Å². The summed E-state index contributed by atoms with van der Waals surface area (Å²) in [5.74, 6) is 0. The maximum atomic E-state index is 6.70. The maximum absolute atomic E-state index is 6.70. The normalized spacial score (nSPS) is 12.0. The van der Waals surface area contributed by atoms with Crippen LogP contribution >= 0.6 is 0 Å². The van der Waals surface area contributed by atoms with E-state index in [1.54, 1.807) is 0 Å². The van der Waals surface area contributed by atoms with Crippen molar-refractivity contribution in [2.45, 2.75) is 0 Å². The molecule has 3 heteroatoms. The van der Waals surface area contributed by atoms with Crippen LogP contribution in [0, 0.1) is 0 Å². The van der Waals surface area contributed by atoms with Gasteiger partial charge in [-0.2, -0.15) is 0 Å². The van der Waals surface area contributed by atoms with Crippen molar-refractivity contribution in [1.82, 2.24) is 4.40 Å². The summed E-state index contributed by atoms with van der Waals surface area (Å²) >= 11 is 0. The number of nitrogens with zero attached hydrogens (tertiary/aromatic N) is 2. The van der Waals surface area contributed by atoms with Crippen molar-refractivity contribution in [2.75, 3.05) is 4.90 Å². The fourth-order valence-electron chi connectivity index (χ4n) is 7.35. The van der Waals surface area contributed by atoms with Crippen LogP contribution in [0.3, 0.4) is 0 Å². The lowest BCUT2D eigenvalue weighted by Gasteiger charge is -2.25. The van der Waals surface area contributed by atoms with Crippen molar-refractivity contribution < 1.29 is 4.42 Å². The summed E-state index contributed by atoms with van der Waals surface area (Å²) < 4.78 is 9.03. The third-order valence-electron chi connectivity index (χ3n) is 9.27. The Hall–Kier alpha value is -6.06. The minimum Gasteiger partial charge on any atom is -0.439 e. The second-order valence-corrected chi connectivity index (χ2v) is 11.8. The van der Waals surface area contributed by atoms with E-state index >= 15 is 0 Å². The average Bonchev–Trinajstić information content (AvgIpc) is 3.75. The van der Waals surface area contributed by atoms with Gasteiger partial charge in [-0.05, 0) is 82.6 Å². The molecule has 0 amide bonds. The van der Waals surface area contributed by atoms with Crippen molar-refractivity contribution in [3.63, 3.8) is 0 Å². The Labute approximate surface area is 259 Å². The molecule has 0 unspecified atom stereocenters. The Morgan fingerprint density at radius 3 is 1.91 bits per heavy atom. The molecular weight excluding hydrogens is 548 g/mol. The summed E-state index contributed by atoms with van der Waals surface area (Å²) in [6, 6.07) is 56.3. The molecule has 0 aliphatic carbocycles. The van der Waals surface area contributed by atoms with Gasteiger partial charge in [0, 0.05) is 38.6 Å². The van der Waals surface area contributed by atoms with Crippen LogP contribution < -0.4 is 4.90 Å². The van der Waals surface area contributed by atoms with Crippen LogP contribution in [-0.4, -0.2) is 4.40 Å². The molecule has 0 bridgehead atoms. The van der Waals surface area contributed by atoms with Gasteiger partial charge in [0.1, 0.15) is 5.58 Å². The molecule has 10 rings (SSSR count). The monoisotopic (exact) mass is 574 g/mol. The lowest BCUT2D eigenvalue weighted by molar-refractivity contribution is 0.652. The van der Waals surface area contributed by atoms with Crippen molar-refractivity contribution in [3.8, 4) is 11.1 Å². The molecule has 0 N–H and O–H groups in total. The Kier molecular flexibility index (Phi) is 5.00. The minimum atomic E-state index is 0.903. The molecule has 0 aliphatic heterocycles. The first-order chi connectivity index (χ1) is 22.3. The van der Waals surface area contributed by atoms with Crippen LogP contribution in [0.15, 0.2) is 162 Å². The van der Waals surface area contributed by atoms with Crippen LogP contribution in [0.5, 0.6) is 0 Å². The summed E-state index contributed by atoms with van der Waals surface area (Å²) in [7, 11) is 0. The smallest absolute Gasteiger partial charge is 0.213 e. The molecule has 45 heavy (non-hydrogen) atoms. The number of para-hydroxylation sites is 3. The van der Waals surface area contributed by atoms with Gasteiger partial charge in [-0.15, -0.1) is 0 Å². The van der Waals surface area contributed by atoms with Gasteiger partial charge in [-0.1, -0.05) is 97.1 Å². The van der Waals surface area contributed by atoms with E-state index in [1.807, 2.05) is 0 Å². The molecule has 210 valence electrons. The van der Waals surface area contributed by atoms with Gasteiger partial charge < -0.3 is 9.32 Å². The molecule has 10 aromatic rings. The zero-order valence-electron chi connectivity index (χ0n) is 24.3. The SMILES string of the molecule is c1ccc(N(c2ccccc2)c2cccc(-c3ccc4oc5c(c4c3)c3cc4ccccc4c4c6ccccc6n5c34)c2)cc1. The summed E-state index contributed by atoms with van der Waals surface area (Å²) in [5.41, 5.74) is 9.90. The molecular formula is C42H26N2O. The first-order valence-electron chi connectivity index (χ1n) is 15.4. The van der Waals surface area contributed by atoms with E-state index in [-0.39, 0.29) is 0 Å². The number of furan rings is 1. The van der Waals surface area contributed by atoms with Crippen LogP contribution in [0.1, 0.15) is 0 Å². The number of benzene rings is 7. The predicted molar refractivity (Wildman–Crippen MR) is 188 cm³/mol. The van der Waals surface area contributed by atoms with Gasteiger partial charge in [0.25, 0.3) is 0 Å². The van der Waals surface area contributed by atoms with E-state index in [2.05, 4.69) is 167 Å². The first kappa shape index (κ1) is 24.4. The van der Waals surface area contributed by atoms with Crippen molar-refractivity contribution in [1.29, 1.82) is 0 Å². The highest BCUT2D eigenvalue weighted by atomic mass is 16.3. The van der Waals surface area contributed by atoms with Crippen LogP contribution in [0.2, 0.25) is 0 Å². The summed E-state index contributed by atoms with van der Waals surface area (Å²) in [6.07, 6.45) is 0. The zero-order valence-corrected chi connectivity index (χ0v) is 24.3. The quantitative estimate of drug-likeness (QED) is 0.208. The average molecular weight is 575 g/mol. The highest BCUT2D eigenvalue weighted by Gasteiger charge is 2.24. The fourth-order valence-corrected chi connectivity index (χ4v) is 7.35. The largest absolute Gasteiger partial charge is 0.439 e. The van der Waals surface area contributed by atoms with E-state index in [0.29, 0.717) is 0 Å². The number of hydrogen-bond donors (Lipinski definition) is 0. The van der Waals surface area contributed by atoms with E-state index in [0.717, 1.165) is 44.9 Å². The second-order valence-electron chi connectivity index (χ2n) is 11.8. The van der Waals surface area contributed by atoms with Crippen molar-refractivity contribution in [2.24, 2.45) is 0 Å². The number of anilines is 3. The molecule has 0 saturated carbocycles. The van der Waals surface area contributed by atoms with Gasteiger partial charge in [-0.3, -0.25) is 4.40 Å². The van der Waals surface area contributed by atoms with E-state index in [1.165, 1.54) is 43.4 Å². The summed E-state index contributed by atoms with van der Waals surface area (Å²) in [5, 5.41) is 8.63. The Bertz CT molecular complexity index is 2660. The number of fused-ring (bicyclic) bond motifs is 10. The van der Waals surface area contributed by atoms with E-state index in [4.69, 9.17) is 4.42 Å². The number of rotatable bonds is 4. The second kappa shape index (κ2) is 9.22. The predicted octanol–water partition coefficient (Wildman–Crippen LogP) is 11.9. The van der Waals surface area contributed by atoms with Gasteiger partial charge in [-0.25, -0.2) is 0 Å². The lowest BCUT2D eigenvalue weighted by atomic mass is 9.98. The van der Waals surface area contributed by atoms with Crippen molar-refractivity contribution >= 4 is 77.1 Å². The molecule has 0 radical (unpaired) electrons. The number of aromatic nitrogens is 1. The number of hydrogen-bond acceptors (Lipinski definition) is 2. The highest BCUT2D eigenvalue weighted by molar-refractivity contribution is 6.33. The molecule has 0 fully saturated rings. The molecule has 3 nitrogen and oxygen atoms in total. The fraction of sp³-hybridized carbons (Fsp3) is 0. The first-order valence-corrected chi connectivity index (χ1v) is 15.4. The topological polar surface area (TPSA) is 20.8 Å². The van der Waals surface area contributed by atoms with Gasteiger partial charge in [0.05, 0.1) is 16.4 Å². The molecule has 0 saturated heterocycles. The minimum absolute atomic E-state index is 0.903. The Morgan fingerprint density at radius 2 is 1.11 bits per heavy atom. The summed E-state index contributed by atoms with van der Waals surface area (Å²) in [4.78, 5) is 2.31. The van der Waals surface area contributed by atoms with Gasteiger partial charge in [0.15, 0.2) is 0 Å².